The van der Waals surface area contributed by atoms with Gasteiger partial charge in [0.25, 0.3) is 5.91 Å². The molecule has 1 unspecified atom stereocenters. The summed E-state index contributed by atoms with van der Waals surface area (Å²) in [5.41, 5.74) is 5.81. The number of hydrogen-bond donors (Lipinski definition) is 1. The van der Waals surface area contributed by atoms with Crippen LogP contribution in [0.4, 0.5) is 0 Å². The monoisotopic (exact) mass is 249 g/mol. The van der Waals surface area contributed by atoms with Crippen molar-refractivity contribution in [2.24, 2.45) is 5.73 Å². The standard InChI is InChI=1S/C11H15N5O2/c12-1-2-15-7-10(14-8-15)11(17)16-3-4-18-9(5-13)6-16/h7-9H,1-4,6,12H2. The Bertz CT molecular complexity index is 464. The molecule has 1 saturated heterocycles. The quantitative estimate of drug-likeness (QED) is 0.756. The third kappa shape index (κ3) is 2.67. The van der Waals surface area contributed by atoms with Gasteiger partial charge in [-0.15, -0.1) is 0 Å². The van der Waals surface area contributed by atoms with Crippen LogP contribution in [0.5, 0.6) is 0 Å². The Balaban J connectivity index is 2.03. The normalized spacial score (nSPS) is 19.6. The number of carbonyl (C=O) groups is 1. The van der Waals surface area contributed by atoms with Gasteiger partial charge in [0.1, 0.15) is 5.69 Å². The van der Waals surface area contributed by atoms with E-state index in [4.69, 9.17) is 15.7 Å². The van der Waals surface area contributed by atoms with E-state index >= 15 is 0 Å². The van der Waals surface area contributed by atoms with Crippen molar-refractivity contribution in [3.8, 4) is 6.07 Å². The summed E-state index contributed by atoms with van der Waals surface area (Å²) in [6.45, 7) is 2.29. The van der Waals surface area contributed by atoms with Crippen LogP contribution in [0.2, 0.25) is 0 Å². The zero-order valence-corrected chi connectivity index (χ0v) is 9.95. The molecule has 2 N–H and O–H groups in total. The topological polar surface area (TPSA) is 97.2 Å². The molecule has 0 radical (unpaired) electrons. The lowest BCUT2D eigenvalue weighted by atomic mass is 10.2. The fourth-order valence-electron chi connectivity index (χ4n) is 1.82. The van der Waals surface area contributed by atoms with E-state index < -0.39 is 6.10 Å². The van der Waals surface area contributed by atoms with Crippen LogP contribution in [-0.4, -0.2) is 52.7 Å². The van der Waals surface area contributed by atoms with Crippen LogP contribution >= 0.6 is 0 Å². The highest BCUT2D eigenvalue weighted by molar-refractivity contribution is 5.92. The van der Waals surface area contributed by atoms with E-state index in [0.717, 1.165) is 0 Å². The van der Waals surface area contributed by atoms with E-state index in [1.165, 1.54) is 0 Å². The second-order valence-corrected chi connectivity index (χ2v) is 4.03. The van der Waals surface area contributed by atoms with Crippen LogP contribution in [0.3, 0.4) is 0 Å². The molecular formula is C11H15N5O2. The summed E-state index contributed by atoms with van der Waals surface area (Å²) >= 11 is 0. The minimum Gasteiger partial charge on any atom is -0.360 e. The summed E-state index contributed by atoms with van der Waals surface area (Å²) < 4.78 is 6.96. The molecule has 0 aliphatic carbocycles. The lowest BCUT2D eigenvalue weighted by Crippen LogP contribution is -2.45. The van der Waals surface area contributed by atoms with Crippen LogP contribution in [0.25, 0.3) is 0 Å². The van der Waals surface area contributed by atoms with E-state index in [0.29, 0.717) is 38.5 Å². The van der Waals surface area contributed by atoms with Crippen molar-refractivity contribution < 1.29 is 9.53 Å². The zero-order chi connectivity index (χ0) is 13.0. The first-order valence-electron chi connectivity index (χ1n) is 5.77. The van der Waals surface area contributed by atoms with E-state index in [2.05, 4.69) is 4.98 Å². The molecule has 18 heavy (non-hydrogen) atoms. The average molecular weight is 249 g/mol. The van der Waals surface area contributed by atoms with Gasteiger partial charge in [0.05, 0.1) is 25.5 Å². The van der Waals surface area contributed by atoms with Gasteiger partial charge < -0.3 is 19.9 Å². The van der Waals surface area contributed by atoms with Crippen molar-refractivity contribution >= 4 is 5.91 Å². The summed E-state index contributed by atoms with van der Waals surface area (Å²) in [5.74, 6) is -0.172. The first-order valence-corrected chi connectivity index (χ1v) is 5.77. The number of nitriles is 1. The van der Waals surface area contributed by atoms with Gasteiger partial charge in [0.15, 0.2) is 6.10 Å². The second-order valence-electron chi connectivity index (χ2n) is 4.03. The molecular weight excluding hydrogens is 234 g/mol. The molecule has 1 aromatic heterocycles. The van der Waals surface area contributed by atoms with Crippen molar-refractivity contribution in [3.05, 3.63) is 18.2 Å². The Hall–Kier alpha value is -1.91. The SMILES string of the molecule is N#CC1CN(C(=O)c2cn(CCN)cn2)CCO1. The van der Waals surface area contributed by atoms with Gasteiger partial charge >= 0.3 is 0 Å². The maximum absolute atomic E-state index is 12.1. The van der Waals surface area contributed by atoms with Gasteiger partial charge in [-0.1, -0.05) is 0 Å². The molecule has 7 nitrogen and oxygen atoms in total. The molecule has 1 aliphatic rings. The molecule has 0 saturated carbocycles. The molecule has 0 bridgehead atoms. The molecule has 96 valence electrons. The molecule has 0 aromatic carbocycles. The maximum atomic E-state index is 12.1. The van der Waals surface area contributed by atoms with E-state index in [1.807, 2.05) is 6.07 Å². The summed E-state index contributed by atoms with van der Waals surface area (Å²) in [5, 5.41) is 8.79. The molecule has 2 rings (SSSR count). The molecule has 1 aromatic rings. The molecule has 2 heterocycles. The van der Waals surface area contributed by atoms with Gasteiger partial charge in [-0.25, -0.2) is 4.98 Å². The number of nitrogens with two attached hydrogens (primary N) is 1. The Kier molecular flexibility index (Phi) is 3.92. The number of carbonyl (C=O) groups excluding carboxylic acids is 1. The van der Waals surface area contributed by atoms with Crippen LogP contribution in [-0.2, 0) is 11.3 Å². The average Bonchev–Trinajstić information content (AvgIpc) is 2.87. The van der Waals surface area contributed by atoms with Crippen molar-refractivity contribution in [2.45, 2.75) is 12.6 Å². The third-order valence-corrected chi connectivity index (χ3v) is 2.74. The van der Waals surface area contributed by atoms with Gasteiger partial charge in [-0.3, -0.25) is 4.79 Å². The van der Waals surface area contributed by atoms with E-state index in [9.17, 15) is 4.79 Å². The number of amides is 1. The summed E-state index contributed by atoms with van der Waals surface area (Å²) in [7, 11) is 0. The van der Waals surface area contributed by atoms with Gasteiger partial charge in [-0.05, 0) is 0 Å². The van der Waals surface area contributed by atoms with Crippen molar-refractivity contribution in [2.75, 3.05) is 26.2 Å². The van der Waals surface area contributed by atoms with Crippen molar-refractivity contribution in [3.63, 3.8) is 0 Å². The minimum atomic E-state index is -0.547. The van der Waals surface area contributed by atoms with Crippen LogP contribution in [0.1, 0.15) is 10.5 Å². The summed E-state index contributed by atoms with van der Waals surface area (Å²) in [4.78, 5) is 17.8. The van der Waals surface area contributed by atoms with Crippen LogP contribution in [0.15, 0.2) is 12.5 Å². The summed E-state index contributed by atoms with van der Waals surface area (Å²) in [6, 6.07) is 2.01. The fraction of sp³-hybridized carbons (Fsp3) is 0.545. The number of morpholine rings is 1. The van der Waals surface area contributed by atoms with Crippen molar-refractivity contribution in [1.82, 2.24) is 14.5 Å². The Morgan fingerprint density at radius 3 is 3.28 bits per heavy atom. The first-order chi connectivity index (χ1) is 8.74. The number of hydrogen-bond acceptors (Lipinski definition) is 5. The molecule has 1 amide bonds. The number of ether oxygens (including phenoxy) is 1. The highest BCUT2D eigenvalue weighted by Crippen LogP contribution is 2.09. The second kappa shape index (κ2) is 5.62. The maximum Gasteiger partial charge on any atom is 0.274 e. The summed E-state index contributed by atoms with van der Waals surface area (Å²) in [6.07, 6.45) is 2.71. The number of imidazole rings is 1. The fourth-order valence-corrected chi connectivity index (χ4v) is 1.82. The smallest absolute Gasteiger partial charge is 0.274 e. The minimum absolute atomic E-state index is 0.172. The Labute approximate surface area is 105 Å². The first kappa shape index (κ1) is 12.5. The van der Waals surface area contributed by atoms with Gasteiger partial charge in [0, 0.05) is 25.8 Å². The Morgan fingerprint density at radius 2 is 2.56 bits per heavy atom. The van der Waals surface area contributed by atoms with Gasteiger partial charge in [0.2, 0.25) is 0 Å². The predicted octanol–water partition coefficient (Wildman–Crippen LogP) is -0.794. The van der Waals surface area contributed by atoms with E-state index in [1.54, 1.807) is 22.0 Å². The third-order valence-electron chi connectivity index (χ3n) is 2.74. The van der Waals surface area contributed by atoms with Gasteiger partial charge in [-0.2, -0.15) is 5.26 Å². The predicted molar refractivity (Wildman–Crippen MR) is 62.5 cm³/mol. The molecule has 7 heteroatoms. The number of nitrogens with zero attached hydrogens (tertiary/aromatic N) is 4. The largest absolute Gasteiger partial charge is 0.360 e. The number of rotatable bonds is 3. The van der Waals surface area contributed by atoms with Crippen LogP contribution < -0.4 is 5.73 Å². The highest BCUT2D eigenvalue weighted by atomic mass is 16.5. The lowest BCUT2D eigenvalue weighted by Gasteiger charge is -2.29. The van der Waals surface area contributed by atoms with Crippen molar-refractivity contribution in [1.29, 1.82) is 5.26 Å². The van der Waals surface area contributed by atoms with Crippen LogP contribution in [0, 0.1) is 11.3 Å². The molecule has 1 atom stereocenters. The lowest BCUT2D eigenvalue weighted by molar-refractivity contribution is 0.00322. The highest BCUT2D eigenvalue weighted by Gasteiger charge is 2.25. The zero-order valence-electron chi connectivity index (χ0n) is 9.95. The van der Waals surface area contributed by atoms with E-state index in [-0.39, 0.29) is 5.91 Å². The molecule has 1 fully saturated rings. The number of aromatic nitrogens is 2. The molecule has 0 spiro atoms. The molecule has 1 aliphatic heterocycles. The Morgan fingerprint density at radius 1 is 1.72 bits per heavy atom.